The van der Waals surface area contributed by atoms with Gasteiger partial charge in [-0.2, -0.15) is 0 Å². The van der Waals surface area contributed by atoms with Crippen molar-refractivity contribution in [1.82, 2.24) is 0 Å². The van der Waals surface area contributed by atoms with Gasteiger partial charge in [-0.1, -0.05) is 60.7 Å². The maximum Gasteiger partial charge on any atom is 0.109 e. The lowest BCUT2D eigenvalue weighted by atomic mass is 10.1. The second kappa shape index (κ2) is 6.00. The molecule has 2 aromatic rings. The fraction of sp³-hybridized carbons (Fsp3) is 0.294. The summed E-state index contributed by atoms with van der Waals surface area (Å²) >= 11 is 0. The van der Waals surface area contributed by atoms with Crippen molar-refractivity contribution >= 4 is 0 Å². The Morgan fingerprint density at radius 3 is 2.32 bits per heavy atom. The molecule has 0 spiro atoms. The Labute approximate surface area is 114 Å². The third-order valence-electron chi connectivity index (χ3n) is 3.37. The molecule has 0 amide bonds. The van der Waals surface area contributed by atoms with Crippen LogP contribution < -0.4 is 0 Å². The fourth-order valence-corrected chi connectivity index (χ4v) is 2.26. The van der Waals surface area contributed by atoms with Crippen LogP contribution in [-0.2, 0) is 16.1 Å². The van der Waals surface area contributed by atoms with E-state index in [4.69, 9.17) is 9.47 Å². The Morgan fingerprint density at radius 1 is 0.895 bits per heavy atom. The normalized spacial score (nSPS) is 21.3. The minimum Gasteiger partial charge on any atom is -0.377 e. The summed E-state index contributed by atoms with van der Waals surface area (Å²) in [5.41, 5.74) is 2.49. The van der Waals surface area contributed by atoms with E-state index >= 15 is 0 Å². The van der Waals surface area contributed by atoms with Crippen LogP contribution in [0.2, 0.25) is 0 Å². The predicted molar refractivity (Wildman–Crippen MR) is 74.8 cm³/mol. The topological polar surface area (TPSA) is 21.8 Å². The molecule has 1 fully saturated rings. The molecular weight excluding hydrogens is 236 g/mol. The highest BCUT2D eigenvalue weighted by Crippen LogP contribution is 2.40. The van der Waals surface area contributed by atoms with Crippen LogP contribution in [0.4, 0.5) is 0 Å². The lowest BCUT2D eigenvalue weighted by molar-refractivity contribution is 0.113. The van der Waals surface area contributed by atoms with Gasteiger partial charge < -0.3 is 9.47 Å². The van der Waals surface area contributed by atoms with Crippen LogP contribution in [0.3, 0.4) is 0 Å². The molecule has 0 aromatic heterocycles. The summed E-state index contributed by atoms with van der Waals surface area (Å²) in [5.74, 6) is 0. The lowest BCUT2D eigenvalue weighted by Crippen LogP contribution is -1.99. The molecule has 2 heteroatoms. The minimum absolute atomic E-state index is 0.279. The highest BCUT2D eigenvalue weighted by atomic mass is 16.6. The highest BCUT2D eigenvalue weighted by molar-refractivity contribution is 5.22. The molecule has 3 rings (SSSR count). The molecule has 2 nitrogen and oxygen atoms in total. The smallest absolute Gasteiger partial charge is 0.109 e. The number of rotatable bonds is 6. The first-order valence-electron chi connectivity index (χ1n) is 6.75. The van der Waals surface area contributed by atoms with Crippen molar-refractivity contribution in [3.8, 4) is 0 Å². The molecule has 0 bridgehead atoms. The number of epoxide rings is 1. The summed E-state index contributed by atoms with van der Waals surface area (Å²) in [7, 11) is 0. The van der Waals surface area contributed by atoms with E-state index in [1.54, 1.807) is 0 Å². The molecule has 0 radical (unpaired) electrons. The second-order valence-corrected chi connectivity index (χ2v) is 4.83. The number of ether oxygens (including phenoxy) is 2. The predicted octanol–water partition coefficient (Wildman–Crippen LogP) is 3.73. The van der Waals surface area contributed by atoms with Gasteiger partial charge in [-0.3, -0.25) is 0 Å². The molecule has 98 valence electrons. The van der Waals surface area contributed by atoms with E-state index in [1.807, 2.05) is 24.3 Å². The summed E-state index contributed by atoms with van der Waals surface area (Å²) in [4.78, 5) is 0. The molecule has 19 heavy (non-hydrogen) atoms. The molecule has 1 heterocycles. The molecular formula is C17H18O2. The van der Waals surface area contributed by atoms with E-state index < -0.39 is 0 Å². The Morgan fingerprint density at radius 2 is 1.58 bits per heavy atom. The Kier molecular flexibility index (Phi) is 3.92. The monoisotopic (exact) mass is 254 g/mol. The van der Waals surface area contributed by atoms with Crippen molar-refractivity contribution in [2.45, 2.75) is 25.2 Å². The lowest BCUT2D eigenvalue weighted by Gasteiger charge is -2.02. The van der Waals surface area contributed by atoms with E-state index in [-0.39, 0.29) is 6.10 Å². The Hall–Kier alpha value is -1.64. The largest absolute Gasteiger partial charge is 0.377 e. The molecule has 1 aliphatic heterocycles. The zero-order valence-corrected chi connectivity index (χ0v) is 10.9. The summed E-state index contributed by atoms with van der Waals surface area (Å²) in [6.07, 6.45) is 1.58. The quantitative estimate of drug-likeness (QED) is 0.578. The Bertz CT molecular complexity index is 495. The fourth-order valence-electron chi connectivity index (χ4n) is 2.26. The first kappa shape index (κ1) is 12.4. The van der Waals surface area contributed by atoms with Crippen LogP contribution in [0, 0.1) is 0 Å². The van der Waals surface area contributed by atoms with Crippen LogP contribution in [-0.4, -0.2) is 12.7 Å². The number of hydrogen-bond donors (Lipinski definition) is 0. The van der Waals surface area contributed by atoms with Crippen LogP contribution in [0.1, 0.15) is 23.7 Å². The van der Waals surface area contributed by atoms with Gasteiger partial charge >= 0.3 is 0 Å². The van der Waals surface area contributed by atoms with Gasteiger partial charge in [-0.05, 0) is 17.5 Å². The van der Waals surface area contributed by atoms with Crippen LogP contribution in [0.15, 0.2) is 60.7 Å². The maximum atomic E-state index is 5.68. The zero-order valence-electron chi connectivity index (χ0n) is 10.9. The van der Waals surface area contributed by atoms with E-state index in [2.05, 4.69) is 36.4 Å². The van der Waals surface area contributed by atoms with Crippen molar-refractivity contribution < 1.29 is 9.47 Å². The molecule has 1 aliphatic rings. The van der Waals surface area contributed by atoms with Crippen molar-refractivity contribution in [2.75, 3.05) is 6.61 Å². The van der Waals surface area contributed by atoms with Crippen molar-refractivity contribution in [2.24, 2.45) is 0 Å². The first-order valence-corrected chi connectivity index (χ1v) is 6.75. The standard InChI is InChI=1S/C17H18O2/c1-3-7-14(8-4-1)13-18-12-11-16-17(19-16)15-9-5-2-6-10-15/h1-10,16-17H,11-13H2/t16-,17+/m1/s1. The number of hydrogen-bond acceptors (Lipinski definition) is 2. The van der Waals surface area contributed by atoms with E-state index in [9.17, 15) is 0 Å². The average molecular weight is 254 g/mol. The van der Waals surface area contributed by atoms with E-state index in [0.717, 1.165) is 13.0 Å². The second-order valence-electron chi connectivity index (χ2n) is 4.83. The van der Waals surface area contributed by atoms with Crippen molar-refractivity contribution in [3.05, 3.63) is 71.8 Å². The molecule has 2 atom stereocenters. The van der Waals surface area contributed by atoms with E-state index in [1.165, 1.54) is 11.1 Å². The minimum atomic E-state index is 0.279. The van der Waals surface area contributed by atoms with Gasteiger partial charge in [0.15, 0.2) is 0 Å². The molecule has 0 N–H and O–H groups in total. The van der Waals surface area contributed by atoms with Gasteiger partial charge in [0.1, 0.15) is 6.10 Å². The highest BCUT2D eigenvalue weighted by Gasteiger charge is 2.39. The summed E-state index contributed by atoms with van der Waals surface area (Å²) < 4.78 is 11.4. The zero-order chi connectivity index (χ0) is 12.9. The summed E-state index contributed by atoms with van der Waals surface area (Å²) in [6.45, 7) is 1.44. The van der Waals surface area contributed by atoms with Gasteiger partial charge in [0.05, 0.1) is 12.7 Å². The first-order chi connectivity index (χ1) is 9.43. The van der Waals surface area contributed by atoms with Crippen LogP contribution in [0.5, 0.6) is 0 Å². The van der Waals surface area contributed by atoms with Crippen LogP contribution >= 0.6 is 0 Å². The van der Waals surface area contributed by atoms with Crippen LogP contribution in [0.25, 0.3) is 0 Å². The third kappa shape index (κ3) is 3.43. The van der Waals surface area contributed by atoms with E-state index in [0.29, 0.717) is 12.7 Å². The molecule has 1 saturated heterocycles. The molecule has 0 saturated carbocycles. The van der Waals surface area contributed by atoms with Gasteiger partial charge in [0, 0.05) is 6.61 Å². The van der Waals surface area contributed by atoms with Gasteiger partial charge in [-0.25, -0.2) is 0 Å². The van der Waals surface area contributed by atoms with Crippen molar-refractivity contribution in [1.29, 1.82) is 0 Å². The third-order valence-corrected chi connectivity index (χ3v) is 3.37. The molecule has 0 unspecified atom stereocenters. The summed E-state index contributed by atoms with van der Waals surface area (Å²) in [6, 6.07) is 20.6. The average Bonchev–Trinajstić information content (AvgIpc) is 3.25. The SMILES string of the molecule is c1ccc(COCC[C@H]2O[C@H]2c2ccccc2)cc1. The maximum absolute atomic E-state index is 5.68. The summed E-state index contributed by atoms with van der Waals surface area (Å²) in [5, 5.41) is 0. The van der Waals surface area contributed by atoms with Gasteiger partial charge in [0.25, 0.3) is 0 Å². The van der Waals surface area contributed by atoms with Crippen molar-refractivity contribution in [3.63, 3.8) is 0 Å². The Balaban J connectivity index is 1.36. The van der Waals surface area contributed by atoms with Gasteiger partial charge in [-0.15, -0.1) is 0 Å². The molecule has 0 aliphatic carbocycles. The number of benzene rings is 2. The van der Waals surface area contributed by atoms with Gasteiger partial charge in [0.2, 0.25) is 0 Å². The molecule has 2 aromatic carbocycles.